The van der Waals surface area contributed by atoms with Crippen LogP contribution in [0, 0.1) is 0 Å². The number of hydrogen-bond donors (Lipinski definition) is 0. The number of halogens is 1. The molecule has 0 amide bonds. The van der Waals surface area contributed by atoms with Crippen LogP contribution in [0.4, 0.5) is 0 Å². The fourth-order valence-electron chi connectivity index (χ4n) is 0.920. The standard InChI is InChI=1S/C7H14BCl/c1-4-6-7(3,9)8-5-2/h4,6,8H,5H2,1-3H3. The maximum Gasteiger partial charge on any atom is 0.151 e. The molecule has 0 aliphatic carbocycles. The van der Waals surface area contributed by atoms with Crippen LogP contribution in [0.25, 0.3) is 0 Å². The molecule has 0 spiro atoms. The van der Waals surface area contributed by atoms with E-state index in [1.54, 1.807) is 0 Å². The van der Waals surface area contributed by atoms with E-state index in [1.807, 2.05) is 26.0 Å². The van der Waals surface area contributed by atoms with E-state index < -0.39 is 0 Å². The number of alkyl halides is 1. The van der Waals surface area contributed by atoms with Crippen LogP contribution in [-0.4, -0.2) is 12.1 Å². The van der Waals surface area contributed by atoms with E-state index in [-0.39, 0.29) is 4.77 Å². The Kier molecular flexibility index (Phi) is 4.04. The highest BCUT2D eigenvalue weighted by Crippen LogP contribution is 2.14. The molecule has 1 unspecified atom stereocenters. The van der Waals surface area contributed by atoms with Crippen molar-refractivity contribution in [3.05, 3.63) is 12.2 Å². The zero-order chi connectivity index (χ0) is 7.33. The molecular formula is C7H14BCl. The Labute approximate surface area is 63.5 Å². The molecular weight excluding hydrogens is 130 g/mol. The minimum atomic E-state index is -0.108. The number of hydrogen-bond acceptors (Lipinski definition) is 0. The highest BCUT2D eigenvalue weighted by molar-refractivity contribution is 6.57. The van der Waals surface area contributed by atoms with E-state index in [1.165, 1.54) is 0 Å². The van der Waals surface area contributed by atoms with Crippen molar-refractivity contribution < 1.29 is 0 Å². The summed E-state index contributed by atoms with van der Waals surface area (Å²) in [5.41, 5.74) is 0. The maximum absolute atomic E-state index is 6.05. The van der Waals surface area contributed by atoms with Gasteiger partial charge in [-0.05, 0) is 13.8 Å². The van der Waals surface area contributed by atoms with Crippen LogP contribution in [0.2, 0.25) is 6.32 Å². The quantitative estimate of drug-likeness (QED) is 0.324. The van der Waals surface area contributed by atoms with Gasteiger partial charge in [0.2, 0.25) is 0 Å². The van der Waals surface area contributed by atoms with Crippen LogP contribution in [0.3, 0.4) is 0 Å². The van der Waals surface area contributed by atoms with Crippen molar-refractivity contribution in [1.82, 2.24) is 0 Å². The van der Waals surface area contributed by atoms with Crippen LogP contribution in [0.5, 0.6) is 0 Å². The second-order valence-electron chi connectivity index (χ2n) is 2.53. The van der Waals surface area contributed by atoms with Crippen molar-refractivity contribution >= 4 is 18.9 Å². The lowest BCUT2D eigenvalue weighted by Gasteiger charge is -2.13. The molecule has 0 nitrogen and oxygen atoms in total. The van der Waals surface area contributed by atoms with E-state index in [0.717, 1.165) is 13.6 Å². The van der Waals surface area contributed by atoms with Gasteiger partial charge in [0.1, 0.15) is 0 Å². The van der Waals surface area contributed by atoms with Gasteiger partial charge in [-0.2, -0.15) is 0 Å². The second-order valence-corrected chi connectivity index (χ2v) is 3.39. The van der Waals surface area contributed by atoms with Gasteiger partial charge in [0.05, 0.1) is 0 Å². The molecule has 0 saturated heterocycles. The third-order valence-electron chi connectivity index (χ3n) is 1.25. The Morgan fingerprint density at radius 3 is 2.56 bits per heavy atom. The molecule has 0 N–H and O–H groups in total. The Morgan fingerprint density at radius 2 is 2.22 bits per heavy atom. The lowest BCUT2D eigenvalue weighted by molar-refractivity contribution is 1.08. The molecule has 2 heteroatoms. The molecule has 0 radical (unpaired) electrons. The molecule has 0 aliphatic rings. The summed E-state index contributed by atoms with van der Waals surface area (Å²) in [6.07, 6.45) is 5.19. The summed E-state index contributed by atoms with van der Waals surface area (Å²) in [7, 11) is 1.05. The minimum absolute atomic E-state index is 0.108. The van der Waals surface area contributed by atoms with Crippen LogP contribution in [-0.2, 0) is 0 Å². The largest absolute Gasteiger partial charge is 0.151 e. The van der Waals surface area contributed by atoms with Crippen LogP contribution in [0.1, 0.15) is 20.8 Å². The topological polar surface area (TPSA) is 0 Å². The molecule has 0 bridgehead atoms. The zero-order valence-corrected chi connectivity index (χ0v) is 7.20. The maximum atomic E-state index is 6.05. The number of rotatable bonds is 3. The van der Waals surface area contributed by atoms with Crippen molar-refractivity contribution in [3.63, 3.8) is 0 Å². The third kappa shape index (κ3) is 4.59. The molecule has 0 fully saturated rings. The van der Waals surface area contributed by atoms with E-state index >= 15 is 0 Å². The van der Waals surface area contributed by atoms with Gasteiger partial charge in [-0.15, -0.1) is 11.6 Å². The van der Waals surface area contributed by atoms with Crippen molar-refractivity contribution in [1.29, 1.82) is 0 Å². The average Bonchev–Trinajstić information content (AvgIpc) is 1.64. The van der Waals surface area contributed by atoms with E-state index in [4.69, 9.17) is 11.6 Å². The van der Waals surface area contributed by atoms with Crippen molar-refractivity contribution in [3.8, 4) is 0 Å². The van der Waals surface area contributed by atoms with E-state index in [2.05, 4.69) is 6.92 Å². The first-order chi connectivity index (χ1) is 4.12. The molecule has 0 aromatic rings. The highest BCUT2D eigenvalue weighted by Gasteiger charge is 2.15. The smallest absolute Gasteiger partial charge is 0.125 e. The first-order valence-corrected chi connectivity index (χ1v) is 3.83. The Bertz CT molecular complexity index is 97.1. The fraction of sp³-hybridized carbons (Fsp3) is 0.714. The predicted molar refractivity (Wildman–Crippen MR) is 46.7 cm³/mol. The van der Waals surface area contributed by atoms with Crippen molar-refractivity contribution in [2.24, 2.45) is 0 Å². The van der Waals surface area contributed by atoms with Gasteiger partial charge in [-0.3, -0.25) is 0 Å². The van der Waals surface area contributed by atoms with Crippen LogP contribution in [0.15, 0.2) is 12.2 Å². The highest BCUT2D eigenvalue weighted by atomic mass is 35.5. The summed E-state index contributed by atoms with van der Waals surface area (Å²) in [6.45, 7) is 6.18. The van der Waals surface area contributed by atoms with Crippen molar-refractivity contribution in [2.45, 2.75) is 31.9 Å². The lowest BCUT2D eigenvalue weighted by Crippen LogP contribution is -2.21. The monoisotopic (exact) mass is 144 g/mol. The van der Waals surface area contributed by atoms with Crippen LogP contribution >= 0.6 is 11.6 Å². The first kappa shape index (κ1) is 9.09. The Morgan fingerprint density at radius 1 is 1.67 bits per heavy atom. The van der Waals surface area contributed by atoms with Gasteiger partial charge in [0, 0.05) is 4.77 Å². The Hall–Kier alpha value is 0.0949. The number of allylic oxidation sites excluding steroid dienone is 2. The average molecular weight is 144 g/mol. The summed E-state index contributed by atoms with van der Waals surface area (Å²) in [4.78, 5) is 0. The molecule has 1 atom stereocenters. The predicted octanol–water partition coefficient (Wildman–Crippen LogP) is 2.39. The summed E-state index contributed by atoms with van der Waals surface area (Å²) in [6, 6.07) is 0. The SMILES string of the molecule is CC=CC(C)(Cl)BCC. The normalized spacial score (nSPS) is 17.8. The molecule has 0 saturated carbocycles. The molecule has 52 valence electrons. The second kappa shape index (κ2) is 4.00. The van der Waals surface area contributed by atoms with Gasteiger partial charge in [0.15, 0.2) is 7.28 Å². The molecule has 0 aromatic heterocycles. The Balaban J connectivity index is 3.70. The summed E-state index contributed by atoms with van der Waals surface area (Å²) < 4.78 is -0.108. The zero-order valence-electron chi connectivity index (χ0n) is 6.45. The molecule has 0 aliphatic heterocycles. The van der Waals surface area contributed by atoms with Crippen molar-refractivity contribution in [2.75, 3.05) is 0 Å². The van der Waals surface area contributed by atoms with Gasteiger partial charge in [-0.1, -0.05) is 25.4 Å². The molecule has 9 heavy (non-hydrogen) atoms. The molecule has 0 rings (SSSR count). The minimum Gasteiger partial charge on any atom is -0.125 e. The fourth-order valence-corrected chi connectivity index (χ4v) is 1.23. The molecule has 0 heterocycles. The third-order valence-corrected chi connectivity index (χ3v) is 1.57. The van der Waals surface area contributed by atoms with Gasteiger partial charge < -0.3 is 0 Å². The lowest BCUT2D eigenvalue weighted by atomic mass is 9.62. The van der Waals surface area contributed by atoms with E-state index in [0.29, 0.717) is 0 Å². The molecule has 0 aromatic carbocycles. The van der Waals surface area contributed by atoms with Gasteiger partial charge >= 0.3 is 0 Å². The summed E-state index contributed by atoms with van der Waals surface area (Å²) in [5, 5.41) is 0. The first-order valence-electron chi connectivity index (χ1n) is 3.45. The van der Waals surface area contributed by atoms with E-state index in [9.17, 15) is 0 Å². The van der Waals surface area contributed by atoms with Gasteiger partial charge in [0.25, 0.3) is 0 Å². The van der Waals surface area contributed by atoms with Crippen LogP contribution < -0.4 is 0 Å². The summed E-state index contributed by atoms with van der Waals surface area (Å²) in [5.74, 6) is 0. The van der Waals surface area contributed by atoms with Gasteiger partial charge in [-0.25, -0.2) is 0 Å². The summed E-state index contributed by atoms with van der Waals surface area (Å²) >= 11 is 6.05.